The lowest BCUT2D eigenvalue weighted by molar-refractivity contribution is 0.0739. The summed E-state index contributed by atoms with van der Waals surface area (Å²) in [4.78, 5) is 12.6. The van der Waals surface area contributed by atoms with Crippen molar-refractivity contribution in [1.82, 2.24) is 0 Å². The monoisotopic (exact) mass is 364 g/mol. The van der Waals surface area contributed by atoms with Crippen LogP contribution >= 0.6 is 11.3 Å². The molecule has 4 rings (SSSR count). The molecule has 0 bridgehead atoms. The Morgan fingerprint density at radius 3 is 2.85 bits per heavy atom. The second-order valence-electron chi connectivity index (χ2n) is 5.51. The van der Waals surface area contributed by atoms with Crippen LogP contribution in [0, 0.1) is 11.3 Å². The summed E-state index contributed by atoms with van der Waals surface area (Å²) in [7, 11) is 0. The Hall–Kier alpha value is -3.50. The Bertz CT molecular complexity index is 1030. The second-order valence-corrected chi connectivity index (χ2v) is 6.45. The molecule has 128 valence electrons. The Morgan fingerprint density at radius 1 is 1.27 bits per heavy atom. The molecule has 2 aromatic heterocycles. The average Bonchev–Trinajstić information content (AvgIpc) is 3.34. The highest BCUT2D eigenvalue weighted by atomic mass is 32.1. The van der Waals surface area contributed by atoms with Crippen molar-refractivity contribution in [2.24, 2.45) is 5.73 Å². The van der Waals surface area contributed by atoms with E-state index >= 15 is 0 Å². The van der Waals surface area contributed by atoms with Gasteiger partial charge >= 0.3 is 5.97 Å². The van der Waals surface area contributed by atoms with Crippen molar-refractivity contribution >= 4 is 17.3 Å². The molecule has 1 aliphatic heterocycles. The zero-order valence-corrected chi connectivity index (χ0v) is 14.2. The van der Waals surface area contributed by atoms with E-state index in [9.17, 15) is 10.1 Å². The maximum atomic E-state index is 12.1. The zero-order valence-electron chi connectivity index (χ0n) is 13.3. The van der Waals surface area contributed by atoms with E-state index in [2.05, 4.69) is 6.07 Å². The van der Waals surface area contributed by atoms with Crippen molar-refractivity contribution in [3.63, 3.8) is 0 Å². The molecule has 1 aliphatic rings. The molecular formula is C19H12N2O4S. The number of nitriles is 1. The van der Waals surface area contributed by atoms with Crippen molar-refractivity contribution in [3.05, 3.63) is 81.8 Å². The number of fused-ring (bicyclic) bond motifs is 1. The van der Waals surface area contributed by atoms with Crippen LogP contribution in [0.1, 0.15) is 26.9 Å². The fraction of sp³-hybridized carbons (Fsp3) is 0.0526. The van der Waals surface area contributed by atoms with Crippen LogP contribution in [-0.4, -0.2) is 5.97 Å². The summed E-state index contributed by atoms with van der Waals surface area (Å²) in [6.07, 6.45) is 1.53. The van der Waals surface area contributed by atoms with Gasteiger partial charge in [0, 0.05) is 11.6 Å². The largest absolute Gasteiger partial charge is 0.468 e. The lowest BCUT2D eigenvalue weighted by Gasteiger charge is -2.25. The lowest BCUT2D eigenvalue weighted by atomic mass is 9.87. The molecule has 0 amide bonds. The number of benzene rings is 1. The summed E-state index contributed by atoms with van der Waals surface area (Å²) >= 11 is 1.30. The number of hydrogen-bond acceptors (Lipinski definition) is 7. The summed E-state index contributed by atoms with van der Waals surface area (Å²) in [5.41, 5.74) is 6.90. The second kappa shape index (κ2) is 6.43. The summed E-state index contributed by atoms with van der Waals surface area (Å²) in [6.45, 7) is 0. The third-order valence-corrected chi connectivity index (χ3v) is 4.80. The predicted molar refractivity (Wildman–Crippen MR) is 93.7 cm³/mol. The molecule has 0 radical (unpaired) electrons. The molecule has 1 aromatic carbocycles. The van der Waals surface area contributed by atoms with Crippen molar-refractivity contribution in [1.29, 1.82) is 5.26 Å². The van der Waals surface area contributed by atoms with E-state index in [1.807, 2.05) is 0 Å². The SMILES string of the molecule is N#CC1=C(N)Oc2cc(OC(=O)c3cccs3)ccc2C1c1ccco1. The molecule has 26 heavy (non-hydrogen) atoms. The number of hydrogen-bond donors (Lipinski definition) is 1. The van der Waals surface area contributed by atoms with Gasteiger partial charge in [0.2, 0.25) is 5.88 Å². The van der Waals surface area contributed by atoms with E-state index < -0.39 is 11.9 Å². The molecule has 7 heteroatoms. The molecule has 2 N–H and O–H groups in total. The quantitative estimate of drug-likeness (QED) is 0.561. The van der Waals surface area contributed by atoms with E-state index in [0.29, 0.717) is 27.7 Å². The van der Waals surface area contributed by atoms with Crippen LogP contribution in [0.25, 0.3) is 0 Å². The van der Waals surface area contributed by atoms with E-state index in [0.717, 1.165) is 0 Å². The lowest BCUT2D eigenvalue weighted by Crippen LogP contribution is -2.21. The third-order valence-electron chi connectivity index (χ3n) is 3.95. The first-order valence-electron chi connectivity index (χ1n) is 7.68. The van der Waals surface area contributed by atoms with Crippen molar-refractivity contribution in [2.75, 3.05) is 0 Å². The number of furan rings is 1. The number of thiophene rings is 1. The van der Waals surface area contributed by atoms with Gasteiger partial charge in [-0.25, -0.2) is 4.79 Å². The van der Waals surface area contributed by atoms with Gasteiger partial charge in [-0.2, -0.15) is 5.26 Å². The van der Waals surface area contributed by atoms with Gasteiger partial charge in [-0.1, -0.05) is 12.1 Å². The average molecular weight is 364 g/mol. The molecule has 1 atom stereocenters. The summed E-state index contributed by atoms with van der Waals surface area (Å²) in [6, 6.07) is 14.0. The number of nitrogens with two attached hydrogens (primary N) is 1. The molecule has 6 nitrogen and oxygen atoms in total. The zero-order chi connectivity index (χ0) is 18.1. The molecule has 0 fully saturated rings. The normalized spacial score (nSPS) is 15.7. The Kier molecular flexibility index (Phi) is 3.95. The smallest absolute Gasteiger partial charge is 0.353 e. The van der Waals surface area contributed by atoms with Crippen LogP contribution in [-0.2, 0) is 0 Å². The van der Waals surface area contributed by atoms with Gasteiger partial charge in [-0.3, -0.25) is 0 Å². The van der Waals surface area contributed by atoms with Crippen LogP contribution in [0.3, 0.4) is 0 Å². The molecule has 3 heterocycles. The summed E-state index contributed by atoms with van der Waals surface area (Å²) in [5.74, 6) is 0.411. The molecule has 0 saturated carbocycles. The van der Waals surface area contributed by atoms with E-state index in [1.54, 1.807) is 47.8 Å². The maximum Gasteiger partial charge on any atom is 0.353 e. The topological polar surface area (TPSA) is 98.5 Å². The predicted octanol–water partition coefficient (Wildman–Crippen LogP) is 3.78. The highest BCUT2D eigenvalue weighted by Crippen LogP contribution is 2.43. The Balaban J connectivity index is 1.70. The first kappa shape index (κ1) is 16.0. The first-order valence-corrected chi connectivity index (χ1v) is 8.56. The number of carbonyl (C=O) groups excluding carboxylic acids is 1. The highest BCUT2D eigenvalue weighted by molar-refractivity contribution is 7.12. The summed E-state index contributed by atoms with van der Waals surface area (Å²) in [5, 5.41) is 11.3. The fourth-order valence-electron chi connectivity index (χ4n) is 2.80. The van der Waals surface area contributed by atoms with Gasteiger partial charge in [-0.15, -0.1) is 11.3 Å². The molecule has 0 saturated heterocycles. The minimum atomic E-state index is -0.471. The van der Waals surface area contributed by atoms with Gasteiger partial charge in [-0.05, 0) is 29.6 Å². The van der Waals surface area contributed by atoms with Crippen LogP contribution in [0.2, 0.25) is 0 Å². The van der Waals surface area contributed by atoms with Gasteiger partial charge < -0.3 is 19.6 Å². The van der Waals surface area contributed by atoms with Crippen molar-refractivity contribution in [3.8, 4) is 17.6 Å². The number of rotatable bonds is 3. The Labute approximate surface area is 152 Å². The minimum absolute atomic E-state index is 0.00290. The van der Waals surface area contributed by atoms with Crippen molar-refractivity contribution < 1.29 is 18.7 Å². The summed E-state index contributed by atoms with van der Waals surface area (Å²) < 4.78 is 16.4. The van der Waals surface area contributed by atoms with Crippen LogP contribution < -0.4 is 15.2 Å². The molecule has 0 spiro atoms. The fourth-order valence-corrected chi connectivity index (χ4v) is 3.40. The van der Waals surface area contributed by atoms with Gasteiger partial charge in [0.25, 0.3) is 0 Å². The standard InChI is InChI=1S/C19H12N2O4S/c20-10-13-17(14-3-1-7-23-14)12-6-5-11(9-15(12)25-18(13)21)24-19(22)16-4-2-8-26-16/h1-9,17H,21H2. The number of esters is 1. The van der Waals surface area contributed by atoms with E-state index in [4.69, 9.17) is 19.6 Å². The highest BCUT2D eigenvalue weighted by Gasteiger charge is 2.32. The molecule has 1 unspecified atom stereocenters. The van der Waals surface area contributed by atoms with Gasteiger partial charge in [0.05, 0.1) is 12.2 Å². The molecule has 3 aromatic rings. The number of allylic oxidation sites excluding steroid dienone is 1. The van der Waals surface area contributed by atoms with Crippen LogP contribution in [0.4, 0.5) is 0 Å². The van der Waals surface area contributed by atoms with Gasteiger partial charge in [0.1, 0.15) is 33.8 Å². The number of ether oxygens (including phenoxy) is 2. The minimum Gasteiger partial charge on any atom is -0.468 e. The van der Waals surface area contributed by atoms with Gasteiger partial charge in [0.15, 0.2) is 0 Å². The molecule has 0 aliphatic carbocycles. The third kappa shape index (κ3) is 2.72. The Morgan fingerprint density at radius 2 is 2.15 bits per heavy atom. The first-order chi connectivity index (χ1) is 12.7. The number of carbonyl (C=O) groups is 1. The van der Waals surface area contributed by atoms with Crippen molar-refractivity contribution in [2.45, 2.75) is 5.92 Å². The maximum absolute atomic E-state index is 12.1. The number of nitrogens with zero attached hydrogens (tertiary/aromatic N) is 1. The molecular weight excluding hydrogens is 352 g/mol. The van der Waals surface area contributed by atoms with E-state index in [-0.39, 0.29) is 11.5 Å². The van der Waals surface area contributed by atoms with Crippen LogP contribution in [0.5, 0.6) is 11.5 Å². The van der Waals surface area contributed by atoms with Crippen LogP contribution in [0.15, 0.2) is 70.0 Å². The van der Waals surface area contributed by atoms with E-state index in [1.165, 1.54) is 17.6 Å².